The van der Waals surface area contributed by atoms with E-state index < -0.39 is 29.7 Å². The number of alkyl carbamates (subject to hydrolysis) is 1. The van der Waals surface area contributed by atoms with Crippen molar-refractivity contribution < 1.29 is 19.1 Å². The molecule has 3 unspecified atom stereocenters. The van der Waals surface area contributed by atoms with Crippen LogP contribution in [0.1, 0.15) is 84.9 Å². The summed E-state index contributed by atoms with van der Waals surface area (Å²) in [6, 6.07) is 7.70. The molecule has 188 valence electrons. The maximum Gasteiger partial charge on any atom is 0.408 e. The third kappa shape index (κ3) is 9.46. The number of amides is 3. The van der Waals surface area contributed by atoms with Crippen molar-refractivity contribution in [2.45, 2.75) is 98.4 Å². The zero-order valence-corrected chi connectivity index (χ0v) is 21.9. The zero-order chi connectivity index (χ0) is 26.1. The highest BCUT2D eigenvalue weighted by Gasteiger charge is 2.36. The Morgan fingerprint density at radius 1 is 1.15 bits per heavy atom. The summed E-state index contributed by atoms with van der Waals surface area (Å²) in [4.78, 5) is 40.6. The minimum Gasteiger partial charge on any atom is -0.444 e. The number of terminal acetylenes is 1. The maximum atomic E-state index is 13.7. The Bertz CT molecular complexity index is 883. The third-order valence-electron chi connectivity index (χ3n) is 5.05. The lowest BCUT2D eigenvalue weighted by atomic mass is 9.98. The predicted octanol–water partition coefficient (Wildman–Crippen LogP) is 4.70. The van der Waals surface area contributed by atoms with E-state index in [0.29, 0.717) is 12.0 Å². The Morgan fingerprint density at radius 2 is 1.79 bits per heavy atom. The van der Waals surface area contributed by atoms with Gasteiger partial charge in [-0.05, 0) is 58.9 Å². The molecule has 0 aliphatic rings. The van der Waals surface area contributed by atoms with E-state index in [0.717, 1.165) is 23.3 Å². The third-order valence-corrected chi connectivity index (χ3v) is 5.05. The standard InChI is InChI=1S/C27H41N3O4/c1-10-13-20(6)28-24(31)23(21-15-12-14-19(5)17-21)30(11-2)25(32)22(16-18(3)4)29-26(33)34-27(7,8)9/h2,12,14-15,17-18,20,22-23H,10,13,16H2,1,3-9H3,(H,28,31)(H,29,33). The summed E-state index contributed by atoms with van der Waals surface area (Å²) in [5, 5.41) is 5.64. The van der Waals surface area contributed by atoms with E-state index >= 15 is 0 Å². The highest BCUT2D eigenvalue weighted by molar-refractivity contribution is 5.93. The van der Waals surface area contributed by atoms with Gasteiger partial charge in [0, 0.05) is 12.1 Å². The average molecular weight is 472 g/mol. The van der Waals surface area contributed by atoms with Crippen LogP contribution in [0.25, 0.3) is 0 Å². The number of hydrogen-bond acceptors (Lipinski definition) is 4. The molecule has 0 fully saturated rings. The van der Waals surface area contributed by atoms with E-state index in [1.165, 1.54) is 0 Å². The first-order chi connectivity index (χ1) is 15.8. The second-order valence-corrected chi connectivity index (χ2v) is 10.2. The molecule has 0 aliphatic carbocycles. The molecule has 7 nitrogen and oxygen atoms in total. The zero-order valence-electron chi connectivity index (χ0n) is 21.9. The number of carbonyl (C=O) groups excluding carboxylic acids is 3. The molecule has 3 amide bonds. The summed E-state index contributed by atoms with van der Waals surface area (Å²) in [7, 11) is 0. The van der Waals surface area contributed by atoms with Crippen LogP contribution in [-0.4, -0.2) is 40.5 Å². The summed E-state index contributed by atoms with van der Waals surface area (Å²) in [6.07, 6.45) is 7.14. The normalized spacial score (nSPS) is 13.9. The van der Waals surface area contributed by atoms with Gasteiger partial charge in [-0.2, -0.15) is 0 Å². The summed E-state index contributed by atoms with van der Waals surface area (Å²) in [5.74, 6) is -0.815. The number of carbonyl (C=O) groups is 3. The van der Waals surface area contributed by atoms with Crippen molar-refractivity contribution in [3.63, 3.8) is 0 Å². The van der Waals surface area contributed by atoms with Crippen molar-refractivity contribution >= 4 is 17.9 Å². The molecule has 0 spiro atoms. The van der Waals surface area contributed by atoms with E-state index in [2.05, 4.69) is 16.7 Å². The Labute approximate surface area is 205 Å². The highest BCUT2D eigenvalue weighted by atomic mass is 16.6. The lowest BCUT2D eigenvalue weighted by molar-refractivity contribution is -0.139. The van der Waals surface area contributed by atoms with Crippen molar-refractivity contribution in [1.29, 1.82) is 0 Å². The second-order valence-electron chi connectivity index (χ2n) is 10.2. The molecule has 7 heteroatoms. The lowest BCUT2D eigenvalue weighted by Crippen LogP contribution is -2.52. The number of rotatable bonds is 10. The first-order valence-corrected chi connectivity index (χ1v) is 11.9. The molecule has 0 aliphatic heterocycles. The molecule has 0 saturated heterocycles. The Balaban J connectivity index is 3.36. The van der Waals surface area contributed by atoms with Crippen LogP contribution in [0.15, 0.2) is 24.3 Å². The molecule has 0 radical (unpaired) electrons. The van der Waals surface area contributed by atoms with Gasteiger partial charge in [0.15, 0.2) is 0 Å². The largest absolute Gasteiger partial charge is 0.444 e. The second kappa shape index (κ2) is 13.0. The predicted molar refractivity (Wildman–Crippen MR) is 135 cm³/mol. The van der Waals surface area contributed by atoms with Gasteiger partial charge in [-0.25, -0.2) is 4.79 Å². The van der Waals surface area contributed by atoms with Gasteiger partial charge in [-0.15, -0.1) is 0 Å². The van der Waals surface area contributed by atoms with Gasteiger partial charge in [0.2, 0.25) is 5.91 Å². The molecule has 0 bridgehead atoms. The van der Waals surface area contributed by atoms with E-state index in [-0.39, 0.29) is 17.9 Å². The number of aryl methyl sites for hydroxylation is 1. The minimum absolute atomic E-state index is 0.0779. The SMILES string of the molecule is C#CN(C(=O)C(CC(C)C)NC(=O)OC(C)(C)C)C(C(=O)NC(C)CCC)c1cccc(C)c1. The van der Waals surface area contributed by atoms with Gasteiger partial charge in [0.25, 0.3) is 5.91 Å². The molecular formula is C27H41N3O4. The van der Waals surface area contributed by atoms with Crippen molar-refractivity contribution in [2.24, 2.45) is 5.92 Å². The Kier molecular flexibility index (Phi) is 11.1. The van der Waals surface area contributed by atoms with Crippen LogP contribution in [0, 0.1) is 25.3 Å². The van der Waals surface area contributed by atoms with Gasteiger partial charge in [0.1, 0.15) is 17.7 Å². The molecule has 1 aromatic rings. The Hall–Kier alpha value is -3.01. The topological polar surface area (TPSA) is 87.7 Å². The molecule has 0 aromatic heterocycles. The van der Waals surface area contributed by atoms with Crippen molar-refractivity contribution in [1.82, 2.24) is 15.5 Å². The number of ether oxygens (including phenoxy) is 1. The molecular weight excluding hydrogens is 430 g/mol. The van der Waals surface area contributed by atoms with Gasteiger partial charge in [-0.3, -0.25) is 14.5 Å². The van der Waals surface area contributed by atoms with Crippen LogP contribution in [0.5, 0.6) is 0 Å². The number of nitrogens with one attached hydrogen (secondary N) is 2. The van der Waals surface area contributed by atoms with Crippen LogP contribution in [0.4, 0.5) is 4.79 Å². The van der Waals surface area contributed by atoms with Crippen molar-refractivity contribution in [2.75, 3.05) is 0 Å². The summed E-state index contributed by atoms with van der Waals surface area (Å²) >= 11 is 0. The first-order valence-electron chi connectivity index (χ1n) is 11.9. The summed E-state index contributed by atoms with van der Waals surface area (Å²) in [6.45, 7) is 15.0. The molecule has 0 saturated carbocycles. The van der Waals surface area contributed by atoms with E-state index in [1.54, 1.807) is 26.8 Å². The molecule has 1 aromatic carbocycles. The van der Waals surface area contributed by atoms with Gasteiger partial charge < -0.3 is 15.4 Å². The van der Waals surface area contributed by atoms with Crippen LogP contribution >= 0.6 is 0 Å². The van der Waals surface area contributed by atoms with E-state index in [1.807, 2.05) is 52.8 Å². The molecule has 3 atom stereocenters. The smallest absolute Gasteiger partial charge is 0.408 e. The fourth-order valence-electron chi connectivity index (χ4n) is 3.66. The van der Waals surface area contributed by atoms with E-state index in [4.69, 9.17) is 11.2 Å². The number of hydrogen-bond donors (Lipinski definition) is 2. The van der Waals surface area contributed by atoms with Crippen LogP contribution in [0.2, 0.25) is 0 Å². The first kappa shape index (κ1) is 29.0. The monoisotopic (exact) mass is 471 g/mol. The molecule has 2 N–H and O–H groups in total. The maximum absolute atomic E-state index is 13.7. The molecule has 34 heavy (non-hydrogen) atoms. The minimum atomic E-state index is -1.04. The lowest BCUT2D eigenvalue weighted by Gasteiger charge is -2.31. The summed E-state index contributed by atoms with van der Waals surface area (Å²) < 4.78 is 5.35. The van der Waals surface area contributed by atoms with E-state index in [9.17, 15) is 14.4 Å². The van der Waals surface area contributed by atoms with Crippen molar-refractivity contribution in [3.8, 4) is 12.5 Å². The molecule has 0 heterocycles. The number of benzene rings is 1. The quantitative estimate of drug-likeness (QED) is 0.382. The fourth-order valence-corrected chi connectivity index (χ4v) is 3.66. The number of nitrogens with zero attached hydrogens (tertiary/aromatic N) is 1. The fraction of sp³-hybridized carbons (Fsp3) is 0.593. The average Bonchev–Trinajstić information content (AvgIpc) is 2.69. The van der Waals surface area contributed by atoms with Gasteiger partial charge >= 0.3 is 6.09 Å². The van der Waals surface area contributed by atoms with Crippen molar-refractivity contribution in [3.05, 3.63) is 35.4 Å². The summed E-state index contributed by atoms with van der Waals surface area (Å²) in [5.41, 5.74) is 0.820. The van der Waals surface area contributed by atoms with Crippen LogP contribution in [0.3, 0.4) is 0 Å². The van der Waals surface area contributed by atoms with Gasteiger partial charge in [-0.1, -0.05) is 63.4 Å². The van der Waals surface area contributed by atoms with Crippen LogP contribution in [-0.2, 0) is 14.3 Å². The van der Waals surface area contributed by atoms with Gasteiger partial charge in [0.05, 0.1) is 0 Å². The molecule has 1 rings (SSSR count). The van der Waals surface area contributed by atoms with Crippen LogP contribution < -0.4 is 10.6 Å². The highest BCUT2D eigenvalue weighted by Crippen LogP contribution is 2.24. The Morgan fingerprint density at radius 3 is 2.29 bits per heavy atom.